The third-order valence-electron chi connectivity index (χ3n) is 5.20. The predicted molar refractivity (Wildman–Crippen MR) is 99.2 cm³/mol. The Labute approximate surface area is 154 Å². The maximum Gasteiger partial charge on any atom is 0.277 e. The van der Waals surface area contributed by atoms with Crippen LogP contribution in [0.4, 0.5) is 0 Å². The maximum atomic E-state index is 13.0. The molecule has 4 rings (SSSR count). The summed E-state index contributed by atoms with van der Waals surface area (Å²) in [5, 5.41) is 3.68. The van der Waals surface area contributed by atoms with Crippen LogP contribution in [0, 0.1) is 0 Å². The number of nitrogens with zero attached hydrogens (tertiary/aromatic N) is 2. The summed E-state index contributed by atoms with van der Waals surface area (Å²) in [5.41, 5.74) is 2.04. The van der Waals surface area contributed by atoms with Gasteiger partial charge in [0.2, 0.25) is 0 Å². The Bertz CT molecular complexity index is 864. The average molecular weight is 430 g/mol. The SMILES string of the molecule is CN1CCC2(CC1)NCCc1c2ccn1S(=O)(=O)c1ccc(Br)s1. The van der Waals surface area contributed by atoms with Crippen molar-refractivity contribution in [1.82, 2.24) is 14.2 Å². The summed E-state index contributed by atoms with van der Waals surface area (Å²) in [5.74, 6) is 0. The van der Waals surface area contributed by atoms with Gasteiger partial charge in [0.1, 0.15) is 4.21 Å². The van der Waals surface area contributed by atoms with E-state index in [1.165, 1.54) is 20.9 Å². The monoisotopic (exact) mass is 429 g/mol. The number of thiophene rings is 1. The van der Waals surface area contributed by atoms with Gasteiger partial charge in [-0.25, -0.2) is 3.97 Å². The van der Waals surface area contributed by atoms with E-state index in [0.717, 1.165) is 48.4 Å². The highest BCUT2D eigenvalue weighted by atomic mass is 79.9. The molecule has 0 bridgehead atoms. The number of halogens is 1. The van der Waals surface area contributed by atoms with Gasteiger partial charge in [0.05, 0.1) is 3.79 Å². The highest BCUT2D eigenvalue weighted by Gasteiger charge is 2.41. The fourth-order valence-electron chi connectivity index (χ4n) is 3.85. The lowest BCUT2D eigenvalue weighted by molar-refractivity contribution is 0.150. The number of fused-ring (bicyclic) bond motifs is 2. The van der Waals surface area contributed by atoms with Crippen LogP contribution in [0.3, 0.4) is 0 Å². The molecule has 8 heteroatoms. The summed E-state index contributed by atoms with van der Waals surface area (Å²) in [6, 6.07) is 5.46. The van der Waals surface area contributed by atoms with Crippen LogP contribution in [0.25, 0.3) is 0 Å². The van der Waals surface area contributed by atoms with E-state index in [4.69, 9.17) is 0 Å². The van der Waals surface area contributed by atoms with Gasteiger partial charge in [-0.05, 0) is 72.7 Å². The van der Waals surface area contributed by atoms with Crippen LogP contribution in [0.1, 0.15) is 24.1 Å². The third kappa shape index (κ3) is 2.59. The Balaban J connectivity index is 1.78. The molecule has 0 aliphatic carbocycles. The Hall–Kier alpha value is -0.670. The summed E-state index contributed by atoms with van der Waals surface area (Å²) in [7, 11) is -1.38. The zero-order valence-corrected chi connectivity index (χ0v) is 16.7. The quantitative estimate of drug-likeness (QED) is 0.796. The lowest BCUT2D eigenvalue weighted by Crippen LogP contribution is -2.53. The molecule has 2 aromatic heterocycles. The highest BCUT2D eigenvalue weighted by Crippen LogP contribution is 2.39. The molecule has 2 aliphatic rings. The molecule has 1 N–H and O–H groups in total. The van der Waals surface area contributed by atoms with Gasteiger partial charge >= 0.3 is 0 Å². The summed E-state index contributed by atoms with van der Waals surface area (Å²) in [6.07, 6.45) is 4.52. The summed E-state index contributed by atoms with van der Waals surface area (Å²) in [4.78, 5) is 2.33. The van der Waals surface area contributed by atoms with Gasteiger partial charge < -0.3 is 10.2 Å². The van der Waals surface area contributed by atoms with Crippen molar-refractivity contribution in [3.05, 3.63) is 39.4 Å². The van der Waals surface area contributed by atoms with E-state index < -0.39 is 10.0 Å². The van der Waals surface area contributed by atoms with Crippen LogP contribution in [-0.4, -0.2) is 44.0 Å². The van der Waals surface area contributed by atoms with Gasteiger partial charge in [-0.3, -0.25) is 0 Å². The Morgan fingerprint density at radius 1 is 1.25 bits per heavy atom. The molecule has 0 aromatic carbocycles. The second kappa shape index (κ2) is 5.95. The molecule has 4 heterocycles. The number of aromatic nitrogens is 1. The molecular weight excluding hydrogens is 410 g/mol. The topological polar surface area (TPSA) is 54.3 Å². The average Bonchev–Trinajstić information content (AvgIpc) is 3.18. The fraction of sp³-hybridized carbons (Fsp3) is 0.500. The van der Waals surface area contributed by atoms with Crippen LogP contribution >= 0.6 is 27.3 Å². The van der Waals surface area contributed by atoms with Crippen LogP contribution in [0.5, 0.6) is 0 Å². The largest absolute Gasteiger partial charge is 0.307 e. The standard InChI is InChI=1S/C16H20BrN3O2S2/c1-19-10-6-16(7-11-19)12-5-9-20(13(12)4-8-18-16)24(21,22)15-3-2-14(17)23-15/h2-3,5,9,18H,4,6-8,10-11H2,1H3. The lowest BCUT2D eigenvalue weighted by Gasteiger charge is -2.44. The molecule has 0 unspecified atom stereocenters. The Morgan fingerprint density at radius 3 is 2.67 bits per heavy atom. The highest BCUT2D eigenvalue weighted by molar-refractivity contribution is 9.11. The summed E-state index contributed by atoms with van der Waals surface area (Å²) in [6.45, 7) is 2.88. The van der Waals surface area contributed by atoms with Crippen molar-refractivity contribution in [3.8, 4) is 0 Å². The van der Waals surface area contributed by atoms with Crippen LogP contribution < -0.4 is 5.32 Å². The summed E-state index contributed by atoms with van der Waals surface area (Å²) >= 11 is 4.61. The molecule has 0 saturated carbocycles. The minimum absolute atomic E-state index is 0.0725. The van der Waals surface area contributed by atoms with E-state index >= 15 is 0 Å². The normalized spacial score (nSPS) is 21.1. The molecule has 130 valence electrons. The van der Waals surface area contributed by atoms with Gasteiger partial charge in [-0.1, -0.05) is 0 Å². The van der Waals surface area contributed by atoms with Crippen molar-refractivity contribution >= 4 is 37.3 Å². The number of hydrogen-bond donors (Lipinski definition) is 1. The molecular formula is C16H20BrN3O2S2. The smallest absolute Gasteiger partial charge is 0.277 e. The number of likely N-dealkylation sites (tertiary alicyclic amines) is 1. The van der Waals surface area contributed by atoms with Gasteiger partial charge in [-0.15, -0.1) is 11.3 Å². The Morgan fingerprint density at radius 2 is 2.00 bits per heavy atom. The van der Waals surface area contributed by atoms with Crippen molar-refractivity contribution in [2.45, 2.75) is 29.0 Å². The molecule has 24 heavy (non-hydrogen) atoms. The number of hydrogen-bond acceptors (Lipinski definition) is 5. The van der Waals surface area contributed by atoms with Crippen molar-refractivity contribution in [3.63, 3.8) is 0 Å². The van der Waals surface area contributed by atoms with Crippen LogP contribution in [0.2, 0.25) is 0 Å². The molecule has 1 saturated heterocycles. The molecule has 0 radical (unpaired) electrons. The van der Waals surface area contributed by atoms with E-state index in [9.17, 15) is 8.42 Å². The van der Waals surface area contributed by atoms with E-state index in [-0.39, 0.29) is 5.54 Å². The van der Waals surface area contributed by atoms with E-state index in [1.807, 2.05) is 6.07 Å². The molecule has 5 nitrogen and oxygen atoms in total. The first-order chi connectivity index (χ1) is 11.4. The molecule has 2 aromatic rings. The van der Waals surface area contributed by atoms with Gasteiger partial charge in [0, 0.05) is 30.4 Å². The number of piperidine rings is 1. The minimum Gasteiger partial charge on any atom is -0.307 e. The number of rotatable bonds is 2. The number of nitrogens with one attached hydrogen (secondary N) is 1. The third-order valence-corrected chi connectivity index (χ3v) is 9.00. The van der Waals surface area contributed by atoms with Crippen molar-refractivity contribution in [2.75, 3.05) is 26.7 Å². The minimum atomic E-state index is -3.52. The molecule has 1 fully saturated rings. The predicted octanol–water partition coefficient (Wildman–Crippen LogP) is 2.62. The van der Waals surface area contributed by atoms with Crippen LogP contribution in [0.15, 0.2) is 32.4 Å². The van der Waals surface area contributed by atoms with E-state index in [1.54, 1.807) is 18.3 Å². The zero-order chi connectivity index (χ0) is 16.9. The molecule has 2 aliphatic heterocycles. The summed E-state index contributed by atoms with van der Waals surface area (Å²) < 4.78 is 28.8. The first-order valence-electron chi connectivity index (χ1n) is 8.08. The van der Waals surface area contributed by atoms with Gasteiger partial charge in [0.15, 0.2) is 0 Å². The van der Waals surface area contributed by atoms with Crippen molar-refractivity contribution < 1.29 is 8.42 Å². The van der Waals surface area contributed by atoms with E-state index in [0.29, 0.717) is 4.21 Å². The van der Waals surface area contributed by atoms with Gasteiger partial charge in [0.25, 0.3) is 10.0 Å². The van der Waals surface area contributed by atoms with E-state index in [2.05, 4.69) is 33.2 Å². The second-order valence-electron chi connectivity index (χ2n) is 6.60. The van der Waals surface area contributed by atoms with Crippen molar-refractivity contribution in [2.24, 2.45) is 0 Å². The zero-order valence-electron chi connectivity index (χ0n) is 13.5. The first kappa shape index (κ1) is 16.8. The fourth-order valence-corrected chi connectivity index (χ4v) is 7.36. The van der Waals surface area contributed by atoms with Crippen molar-refractivity contribution in [1.29, 1.82) is 0 Å². The Kier molecular flexibility index (Phi) is 4.16. The second-order valence-corrected chi connectivity index (χ2v) is 11.1. The maximum absolute atomic E-state index is 13.0. The lowest BCUT2D eigenvalue weighted by atomic mass is 9.78. The van der Waals surface area contributed by atoms with Gasteiger partial charge in [-0.2, -0.15) is 8.42 Å². The van der Waals surface area contributed by atoms with Crippen LogP contribution in [-0.2, 0) is 22.0 Å². The molecule has 0 amide bonds. The molecule has 0 atom stereocenters. The first-order valence-corrected chi connectivity index (χ1v) is 11.1. The molecule has 1 spiro atoms.